The number of hydrogen-bond donors (Lipinski definition) is 2. The molecule has 19 heavy (non-hydrogen) atoms. The number of carbonyl (C=O) groups is 2. The fourth-order valence-electron chi connectivity index (χ4n) is 2.15. The number of piperidine rings is 1. The molecule has 1 aliphatic rings. The highest BCUT2D eigenvalue weighted by molar-refractivity contribution is 5.94. The smallest absolute Gasteiger partial charge is 0.317 e. The maximum Gasteiger partial charge on any atom is 0.317 e. The maximum atomic E-state index is 11.9. The molecule has 0 radical (unpaired) electrons. The normalized spacial score (nSPS) is 15.9. The van der Waals surface area contributed by atoms with E-state index < -0.39 is 0 Å². The number of likely N-dealkylation sites (tertiary alicyclic amines) is 1. The van der Waals surface area contributed by atoms with E-state index in [9.17, 15) is 9.59 Å². The van der Waals surface area contributed by atoms with Crippen LogP contribution in [-0.2, 0) is 0 Å². The Balaban J connectivity index is 1.83. The van der Waals surface area contributed by atoms with Gasteiger partial charge in [-0.15, -0.1) is 0 Å². The monoisotopic (exact) mass is 262 g/mol. The lowest BCUT2D eigenvalue weighted by molar-refractivity contribution is 0.0918. The molecule has 0 aliphatic carbocycles. The summed E-state index contributed by atoms with van der Waals surface area (Å²) >= 11 is 0. The number of urea groups is 1. The minimum atomic E-state index is -0.105. The summed E-state index contributed by atoms with van der Waals surface area (Å²) in [6.07, 6.45) is 4.74. The van der Waals surface area contributed by atoms with Crippen LogP contribution in [0, 0.1) is 0 Å². The largest absolute Gasteiger partial charge is 0.349 e. The quantitative estimate of drug-likeness (QED) is 0.820. The van der Waals surface area contributed by atoms with Gasteiger partial charge < -0.3 is 15.5 Å². The molecule has 0 unspecified atom stereocenters. The van der Waals surface area contributed by atoms with Gasteiger partial charge in [-0.25, -0.2) is 4.79 Å². The van der Waals surface area contributed by atoms with E-state index in [0.717, 1.165) is 12.8 Å². The van der Waals surface area contributed by atoms with E-state index in [4.69, 9.17) is 0 Å². The van der Waals surface area contributed by atoms with Crippen molar-refractivity contribution in [2.24, 2.45) is 0 Å². The molecule has 3 amide bonds. The number of aromatic nitrogens is 1. The van der Waals surface area contributed by atoms with Gasteiger partial charge in [0.05, 0.1) is 5.56 Å². The lowest BCUT2D eigenvalue weighted by Gasteiger charge is -2.32. The lowest BCUT2D eigenvalue weighted by atomic mass is 10.0. The Hall–Kier alpha value is -2.11. The number of amides is 3. The highest BCUT2D eigenvalue weighted by Crippen LogP contribution is 2.11. The first kappa shape index (κ1) is 13.3. The fraction of sp³-hybridized carbons (Fsp3) is 0.462. The Morgan fingerprint density at radius 3 is 2.68 bits per heavy atom. The molecule has 1 aliphatic heterocycles. The van der Waals surface area contributed by atoms with Crippen LogP contribution in [0.4, 0.5) is 4.79 Å². The zero-order valence-electron chi connectivity index (χ0n) is 10.9. The van der Waals surface area contributed by atoms with E-state index in [1.54, 1.807) is 36.5 Å². The summed E-state index contributed by atoms with van der Waals surface area (Å²) in [6.45, 7) is 1.33. The lowest BCUT2D eigenvalue weighted by Crippen LogP contribution is -2.48. The Morgan fingerprint density at radius 2 is 2.11 bits per heavy atom. The van der Waals surface area contributed by atoms with Crippen LogP contribution in [0.2, 0.25) is 0 Å². The minimum absolute atomic E-state index is 0.0583. The molecule has 2 N–H and O–H groups in total. The summed E-state index contributed by atoms with van der Waals surface area (Å²) in [4.78, 5) is 29.1. The van der Waals surface area contributed by atoms with Gasteiger partial charge in [0.15, 0.2) is 0 Å². The number of pyridine rings is 1. The first-order valence-electron chi connectivity index (χ1n) is 6.38. The van der Waals surface area contributed by atoms with Crippen molar-refractivity contribution in [3.05, 3.63) is 30.1 Å². The highest BCUT2D eigenvalue weighted by atomic mass is 16.2. The van der Waals surface area contributed by atoms with Crippen molar-refractivity contribution < 1.29 is 9.59 Å². The summed E-state index contributed by atoms with van der Waals surface area (Å²) in [7, 11) is 1.62. The second-order valence-corrected chi connectivity index (χ2v) is 4.53. The first-order chi connectivity index (χ1) is 9.20. The SMILES string of the molecule is CNC(=O)N1CCC(NC(=O)c2cccnc2)CC1. The third kappa shape index (κ3) is 3.43. The molecule has 0 atom stereocenters. The number of hydrogen-bond acceptors (Lipinski definition) is 3. The standard InChI is InChI=1S/C13H18N4O2/c1-14-13(19)17-7-4-11(5-8-17)16-12(18)10-3-2-6-15-9-10/h2-3,6,9,11H,4-5,7-8H2,1H3,(H,14,19)(H,16,18). The summed E-state index contributed by atoms with van der Waals surface area (Å²) in [5, 5.41) is 5.58. The number of nitrogens with zero attached hydrogens (tertiary/aromatic N) is 2. The third-order valence-corrected chi connectivity index (χ3v) is 3.25. The zero-order chi connectivity index (χ0) is 13.7. The van der Waals surface area contributed by atoms with E-state index in [-0.39, 0.29) is 18.0 Å². The zero-order valence-corrected chi connectivity index (χ0v) is 10.9. The maximum absolute atomic E-state index is 11.9. The minimum Gasteiger partial charge on any atom is -0.349 e. The molecule has 2 rings (SSSR count). The Labute approximate surface area is 112 Å². The topological polar surface area (TPSA) is 74.3 Å². The van der Waals surface area contributed by atoms with Crippen molar-refractivity contribution in [1.82, 2.24) is 20.5 Å². The third-order valence-electron chi connectivity index (χ3n) is 3.25. The van der Waals surface area contributed by atoms with E-state index in [1.165, 1.54) is 0 Å². The van der Waals surface area contributed by atoms with Gasteiger partial charge in [0.1, 0.15) is 0 Å². The van der Waals surface area contributed by atoms with Gasteiger partial charge in [-0.2, -0.15) is 0 Å². The molecule has 0 spiro atoms. The molecule has 0 saturated carbocycles. The van der Waals surface area contributed by atoms with Crippen LogP contribution in [0.1, 0.15) is 23.2 Å². The van der Waals surface area contributed by atoms with Gasteiger partial charge >= 0.3 is 6.03 Å². The summed E-state index contributed by atoms with van der Waals surface area (Å²) in [6, 6.07) is 3.54. The summed E-state index contributed by atoms with van der Waals surface area (Å²) in [5.74, 6) is -0.105. The number of nitrogens with one attached hydrogen (secondary N) is 2. The fourth-order valence-corrected chi connectivity index (χ4v) is 2.15. The van der Waals surface area contributed by atoms with E-state index in [1.807, 2.05) is 0 Å². The predicted molar refractivity (Wildman–Crippen MR) is 70.8 cm³/mol. The predicted octanol–water partition coefficient (Wildman–Crippen LogP) is 0.615. The number of rotatable bonds is 2. The van der Waals surface area contributed by atoms with Crippen LogP contribution in [0.25, 0.3) is 0 Å². The van der Waals surface area contributed by atoms with Crippen LogP contribution >= 0.6 is 0 Å². The van der Waals surface area contributed by atoms with Crippen molar-refractivity contribution in [3.63, 3.8) is 0 Å². The van der Waals surface area contributed by atoms with Gasteiger partial charge in [-0.05, 0) is 25.0 Å². The van der Waals surface area contributed by atoms with E-state index in [0.29, 0.717) is 18.7 Å². The van der Waals surface area contributed by atoms with Crippen LogP contribution in [0.15, 0.2) is 24.5 Å². The van der Waals surface area contributed by atoms with Gasteiger partial charge in [0, 0.05) is 38.6 Å². The number of carbonyl (C=O) groups excluding carboxylic acids is 2. The van der Waals surface area contributed by atoms with Crippen molar-refractivity contribution in [2.45, 2.75) is 18.9 Å². The molecule has 0 bridgehead atoms. The van der Waals surface area contributed by atoms with E-state index in [2.05, 4.69) is 15.6 Å². The van der Waals surface area contributed by atoms with Crippen LogP contribution < -0.4 is 10.6 Å². The molecular weight excluding hydrogens is 244 g/mol. The second kappa shape index (κ2) is 6.17. The average molecular weight is 262 g/mol. The first-order valence-corrected chi connectivity index (χ1v) is 6.38. The summed E-state index contributed by atoms with van der Waals surface area (Å²) < 4.78 is 0. The molecule has 6 nitrogen and oxygen atoms in total. The van der Waals surface area contributed by atoms with Gasteiger partial charge in [0.2, 0.25) is 0 Å². The molecule has 6 heteroatoms. The Bertz CT molecular complexity index is 441. The van der Waals surface area contributed by atoms with Gasteiger partial charge in [0.25, 0.3) is 5.91 Å². The van der Waals surface area contributed by atoms with Crippen LogP contribution in [0.5, 0.6) is 0 Å². The molecule has 1 saturated heterocycles. The summed E-state index contributed by atoms with van der Waals surface area (Å²) in [5.41, 5.74) is 0.566. The molecule has 1 fully saturated rings. The Morgan fingerprint density at radius 1 is 1.37 bits per heavy atom. The van der Waals surface area contributed by atoms with Crippen LogP contribution in [0.3, 0.4) is 0 Å². The van der Waals surface area contributed by atoms with Crippen molar-refractivity contribution in [1.29, 1.82) is 0 Å². The van der Waals surface area contributed by atoms with Crippen molar-refractivity contribution >= 4 is 11.9 Å². The van der Waals surface area contributed by atoms with Crippen molar-refractivity contribution in [3.8, 4) is 0 Å². The molecular formula is C13H18N4O2. The van der Waals surface area contributed by atoms with Crippen molar-refractivity contribution in [2.75, 3.05) is 20.1 Å². The van der Waals surface area contributed by atoms with Gasteiger partial charge in [-0.1, -0.05) is 0 Å². The molecule has 2 heterocycles. The molecule has 1 aromatic heterocycles. The second-order valence-electron chi connectivity index (χ2n) is 4.53. The molecule has 102 valence electrons. The average Bonchev–Trinajstić information content (AvgIpc) is 2.48. The van der Waals surface area contributed by atoms with E-state index >= 15 is 0 Å². The highest BCUT2D eigenvalue weighted by Gasteiger charge is 2.23. The van der Waals surface area contributed by atoms with Gasteiger partial charge in [-0.3, -0.25) is 9.78 Å². The Kier molecular flexibility index (Phi) is 4.33. The molecule has 1 aromatic rings. The molecule has 0 aromatic carbocycles. The van der Waals surface area contributed by atoms with Crippen LogP contribution in [-0.4, -0.2) is 48.0 Å².